The van der Waals surface area contributed by atoms with E-state index in [1.807, 2.05) is 84.9 Å². The Morgan fingerprint density at radius 3 is 2.10 bits per heavy atom. The van der Waals surface area contributed by atoms with Crippen LogP contribution in [0.2, 0.25) is 0 Å². The van der Waals surface area contributed by atoms with Crippen LogP contribution in [-0.2, 0) is 24.5 Å². The summed E-state index contributed by atoms with van der Waals surface area (Å²) in [4.78, 5) is 26.4. The molecule has 1 aliphatic rings. The Balaban J connectivity index is 1.22. The first-order valence-electron chi connectivity index (χ1n) is 19.0. The third-order valence-corrected chi connectivity index (χ3v) is 10.0. The van der Waals surface area contributed by atoms with Gasteiger partial charge in [-0.05, 0) is 65.9 Å². The Labute approximate surface area is 336 Å². The number of anilines is 1. The van der Waals surface area contributed by atoms with E-state index in [0.717, 1.165) is 16.7 Å². The number of carbonyl (C=O) groups excluding carboxylic acids is 1. The molecule has 1 amide bonds. The highest BCUT2D eigenvalue weighted by Crippen LogP contribution is 2.43. The summed E-state index contributed by atoms with van der Waals surface area (Å²) < 4.78 is 38.4. The molecule has 2 N–H and O–H groups in total. The fraction of sp³-hybridized carbons (Fsp3) is 0.289. The smallest absolute Gasteiger partial charge is 0.256 e. The molecule has 1 aliphatic heterocycles. The summed E-state index contributed by atoms with van der Waals surface area (Å²) in [5, 5.41) is 14.9. The van der Waals surface area contributed by atoms with E-state index < -0.39 is 30.1 Å². The molecule has 4 aromatic carbocycles. The van der Waals surface area contributed by atoms with Gasteiger partial charge in [0.25, 0.3) is 5.91 Å². The van der Waals surface area contributed by atoms with Gasteiger partial charge in [-0.3, -0.25) is 9.36 Å². The van der Waals surface area contributed by atoms with Crippen molar-refractivity contribution in [1.82, 2.24) is 19.5 Å². The van der Waals surface area contributed by atoms with E-state index in [4.69, 9.17) is 34.8 Å². The average molecular weight is 784 g/mol. The average Bonchev–Trinajstić information content (AvgIpc) is 3.85. The first-order chi connectivity index (χ1) is 28.5. The number of rotatable bonds is 18. The Kier molecular flexibility index (Phi) is 13.0. The topological polar surface area (TPSA) is 148 Å². The van der Waals surface area contributed by atoms with Crippen LogP contribution in [0.1, 0.15) is 46.1 Å². The fourth-order valence-corrected chi connectivity index (χ4v) is 7.13. The lowest BCUT2D eigenvalue weighted by Gasteiger charge is -2.37. The lowest BCUT2D eigenvalue weighted by molar-refractivity contribution is -0.104. The Bertz CT molecular complexity index is 2230. The maximum absolute atomic E-state index is 13.1. The SMILES string of the molecule is C#CCOCCCCOC1C(COC(c2ccccc2)(c2ccc(OC)cc2)c2ccc(OC)cc2)OC(n2cnc3c(NC(=O)c4ccccc4)ncnc32)C1O. The largest absolute Gasteiger partial charge is 0.497 e. The molecule has 298 valence electrons. The number of nitrogens with one attached hydrogen (secondary N) is 1. The molecule has 0 spiro atoms. The number of amides is 1. The Morgan fingerprint density at radius 1 is 0.845 bits per heavy atom. The Morgan fingerprint density at radius 2 is 1.47 bits per heavy atom. The number of ether oxygens (including phenoxy) is 6. The monoisotopic (exact) mass is 783 g/mol. The number of methoxy groups -OCH3 is 2. The van der Waals surface area contributed by atoms with Crippen LogP contribution >= 0.6 is 0 Å². The van der Waals surface area contributed by atoms with Crippen molar-refractivity contribution >= 4 is 22.9 Å². The number of aliphatic hydroxyl groups is 1. The number of fused-ring (bicyclic) bond motifs is 1. The molecule has 4 atom stereocenters. The van der Waals surface area contributed by atoms with Crippen LogP contribution in [-0.4, -0.2) is 89.5 Å². The van der Waals surface area contributed by atoms with Crippen LogP contribution in [0.25, 0.3) is 11.2 Å². The summed E-state index contributed by atoms with van der Waals surface area (Å²) in [7, 11) is 3.25. The summed E-state index contributed by atoms with van der Waals surface area (Å²) in [6.45, 7) is 1.04. The zero-order valence-corrected chi connectivity index (χ0v) is 32.3. The van der Waals surface area contributed by atoms with Gasteiger partial charge in [-0.2, -0.15) is 0 Å². The number of benzene rings is 4. The number of nitrogens with zero attached hydrogens (tertiary/aromatic N) is 4. The lowest BCUT2D eigenvalue weighted by Crippen LogP contribution is -2.41. The fourth-order valence-electron chi connectivity index (χ4n) is 7.13. The highest BCUT2D eigenvalue weighted by molar-refractivity contribution is 6.06. The zero-order valence-electron chi connectivity index (χ0n) is 32.3. The second kappa shape index (κ2) is 18.9. The van der Waals surface area contributed by atoms with Crippen molar-refractivity contribution < 1.29 is 38.3 Å². The van der Waals surface area contributed by atoms with E-state index >= 15 is 0 Å². The normalized spacial score (nSPS) is 17.8. The highest BCUT2D eigenvalue weighted by atomic mass is 16.6. The van der Waals surface area contributed by atoms with Gasteiger partial charge in [-0.15, -0.1) is 6.42 Å². The molecule has 13 heteroatoms. The summed E-state index contributed by atoms with van der Waals surface area (Å²) >= 11 is 0. The molecule has 2 aromatic heterocycles. The molecular formula is C45H45N5O8. The van der Waals surface area contributed by atoms with Crippen molar-refractivity contribution in [2.75, 3.05) is 46.0 Å². The maximum Gasteiger partial charge on any atom is 0.256 e. The van der Waals surface area contributed by atoms with Crippen molar-refractivity contribution in [3.63, 3.8) is 0 Å². The molecular weight excluding hydrogens is 739 g/mol. The van der Waals surface area contributed by atoms with Crippen LogP contribution in [0.4, 0.5) is 5.82 Å². The summed E-state index contributed by atoms with van der Waals surface area (Å²) in [5.74, 6) is 3.74. The van der Waals surface area contributed by atoms with Gasteiger partial charge in [0.2, 0.25) is 0 Å². The van der Waals surface area contributed by atoms with Crippen LogP contribution in [0.3, 0.4) is 0 Å². The number of aromatic nitrogens is 4. The van der Waals surface area contributed by atoms with E-state index in [9.17, 15) is 9.90 Å². The molecule has 3 heterocycles. The van der Waals surface area contributed by atoms with Gasteiger partial charge in [-0.1, -0.05) is 78.7 Å². The minimum absolute atomic E-state index is 0.00352. The Hall–Kier alpha value is -6.14. The van der Waals surface area contributed by atoms with Crippen LogP contribution in [0.15, 0.2) is 122 Å². The number of unbranched alkanes of at least 4 members (excludes halogenated alkanes) is 1. The maximum atomic E-state index is 13.1. The predicted octanol–water partition coefficient (Wildman–Crippen LogP) is 6.18. The minimum Gasteiger partial charge on any atom is -0.497 e. The second-order valence-corrected chi connectivity index (χ2v) is 13.5. The quantitative estimate of drug-likeness (QED) is 0.0585. The van der Waals surface area contributed by atoms with E-state index in [1.54, 1.807) is 43.1 Å². The number of aliphatic hydroxyl groups excluding tert-OH is 1. The minimum atomic E-state index is -1.17. The molecule has 58 heavy (non-hydrogen) atoms. The number of imidazole rings is 1. The number of hydrogen-bond acceptors (Lipinski definition) is 11. The third kappa shape index (κ3) is 8.57. The summed E-state index contributed by atoms with van der Waals surface area (Å²) in [5.41, 5.74) is 2.54. The van der Waals surface area contributed by atoms with Crippen molar-refractivity contribution in [2.45, 2.75) is 43.0 Å². The van der Waals surface area contributed by atoms with Gasteiger partial charge < -0.3 is 38.8 Å². The van der Waals surface area contributed by atoms with E-state index in [-0.39, 0.29) is 24.9 Å². The third-order valence-electron chi connectivity index (χ3n) is 10.0. The number of hydrogen-bond donors (Lipinski definition) is 2. The van der Waals surface area contributed by atoms with Gasteiger partial charge >= 0.3 is 0 Å². The summed E-state index contributed by atoms with van der Waals surface area (Å²) in [6.07, 6.45) is 5.78. The molecule has 4 unspecified atom stereocenters. The molecule has 1 saturated heterocycles. The molecule has 0 bridgehead atoms. The molecule has 1 fully saturated rings. The van der Waals surface area contributed by atoms with Crippen LogP contribution < -0.4 is 14.8 Å². The highest BCUT2D eigenvalue weighted by Gasteiger charge is 2.48. The molecule has 7 rings (SSSR count). The van der Waals surface area contributed by atoms with Crippen molar-refractivity contribution in [1.29, 1.82) is 0 Å². The molecule has 6 aromatic rings. The number of carbonyl (C=O) groups is 1. The first kappa shape index (κ1) is 40.1. The van der Waals surface area contributed by atoms with E-state index in [2.05, 4.69) is 26.2 Å². The van der Waals surface area contributed by atoms with Crippen molar-refractivity contribution in [3.05, 3.63) is 144 Å². The van der Waals surface area contributed by atoms with E-state index in [0.29, 0.717) is 54.3 Å². The van der Waals surface area contributed by atoms with E-state index in [1.165, 1.54) is 12.7 Å². The van der Waals surface area contributed by atoms with Gasteiger partial charge in [0.05, 0.1) is 27.2 Å². The van der Waals surface area contributed by atoms with Gasteiger partial charge in [0.1, 0.15) is 48.3 Å². The molecule has 0 aliphatic carbocycles. The standard InChI is InChI=1S/C45H45N5O8/c1-4-25-55-26-11-12-27-56-40-37(58-44(39(40)51)50-30-48-38-41(46-29-47-42(38)50)49-43(52)31-13-7-5-8-14-31)28-57-45(32-15-9-6-10-16-32,33-17-21-35(53-2)22-18-33)34-19-23-36(54-3)24-20-34/h1,5-10,13-24,29-30,37,39-40,44,51H,11-12,25-28H2,2-3H3,(H,46,47,49,52). The summed E-state index contributed by atoms with van der Waals surface area (Å²) in [6, 6.07) is 34.2. The lowest BCUT2D eigenvalue weighted by atomic mass is 9.80. The predicted molar refractivity (Wildman–Crippen MR) is 217 cm³/mol. The van der Waals surface area contributed by atoms with Crippen molar-refractivity contribution in [3.8, 4) is 23.8 Å². The molecule has 0 radical (unpaired) electrons. The van der Waals surface area contributed by atoms with Gasteiger partial charge in [0.15, 0.2) is 23.2 Å². The van der Waals surface area contributed by atoms with Crippen LogP contribution in [0, 0.1) is 12.3 Å². The zero-order chi connectivity index (χ0) is 40.3. The second-order valence-electron chi connectivity index (χ2n) is 13.5. The molecule has 13 nitrogen and oxygen atoms in total. The number of terminal acetylenes is 1. The van der Waals surface area contributed by atoms with Gasteiger partial charge in [-0.25, -0.2) is 15.0 Å². The van der Waals surface area contributed by atoms with Gasteiger partial charge in [0, 0.05) is 18.8 Å². The van der Waals surface area contributed by atoms with Crippen molar-refractivity contribution in [2.24, 2.45) is 0 Å². The molecule has 0 saturated carbocycles. The first-order valence-corrected chi connectivity index (χ1v) is 19.0. The van der Waals surface area contributed by atoms with Crippen LogP contribution in [0.5, 0.6) is 11.5 Å².